The Labute approximate surface area is 363 Å². The smallest absolute Gasteiger partial charge is 0.466 e. The minimum absolute atomic E-state index is 0.00694. The van der Waals surface area contributed by atoms with Crippen LogP contribution in [-0.2, 0) is 45.5 Å². The summed E-state index contributed by atoms with van der Waals surface area (Å²) in [7, 11) is 1.35. The standard InChI is InChI=1S/C48H82NO10P/c1-8-10-11-12-13-14-15-16-17-18-21-24-27-32-43(50)33-30-36-47(51)55-39-44(40-57-60(53,54)56-38-37-49(5,6)7)58-48(52)35-29-26-23-20-19-22-25-28-34-46-42(4)41(3)45(59-46)31-9-2/h13-14,16-17,21,24,27,32,43-44,50H,8-12,15,18-20,22-23,25-26,28-31,33-40H2,1-7H3/p+1/b14-13-,17-16-,24-21-,32-27+/t43-,44-/m1/s1. The van der Waals surface area contributed by atoms with Crippen LogP contribution in [0.1, 0.15) is 158 Å². The molecule has 0 amide bonds. The van der Waals surface area contributed by atoms with Crippen LogP contribution >= 0.6 is 7.82 Å². The molecule has 0 fully saturated rings. The number of esters is 2. The van der Waals surface area contributed by atoms with Crippen LogP contribution in [0.15, 0.2) is 53.0 Å². The molecule has 0 aliphatic heterocycles. The summed E-state index contributed by atoms with van der Waals surface area (Å²) in [6, 6.07) is 0. The third-order valence-electron chi connectivity index (χ3n) is 10.1. The van der Waals surface area contributed by atoms with Crippen LogP contribution in [0.3, 0.4) is 0 Å². The molecule has 1 heterocycles. The van der Waals surface area contributed by atoms with Crippen LogP contribution in [0.4, 0.5) is 0 Å². The first-order valence-electron chi connectivity index (χ1n) is 22.8. The van der Waals surface area contributed by atoms with Crippen LogP contribution in [0.25, 0.3) is 0 Å². The van der Waals surface area contributed by atoms with E-state index >= 15 is 0 Å². The minimum atomic E-state index is -4.44. The van der Waals surface area contributed by atoms with Crippen molar-refractivity contribution in [3.63, 3.8) is 0 Å². The average molecular weight is 865 g/mol. The van der Waals surface area contributed by atoms with Gasteiger partial charge in [0.2, 0.25) is 0 Å². The number of ether oxygens (including phenoxy) is 2. The monoisotopic (exact) mass is 865 g/mol. The third-order valence-corrected chi connectivity index (χ3v) is 11.1. The molecule has 0 aliphatic rings. The van der Waals surface area contributed by atoms with Crippen molar-refractivity contribution in [3.05, 3.63) is 71.3 Å². The number of aryl methyl sites for hydroxylation is 2. The number of carbonyl (C=O) groups is 2. The molecule has 344 valence electrons. The number of hydrogen-bond donors (Lipinski definition) is 2. The summed E-state index contributed by atoms with van der Waals surface area (Å²) in [5.74, 6) is 1.25. The van der Waals surface area contributed by atoms with Crippen molar-refractivity contribution in [1.82, 2.24) is 0 Å². The Morgan fingerprint density at radius 1 is 0.717 bits per heavy atom. The number of aliphatic hydroxyl groups excluding tert-OH is 1. The molecule has 0 radical (unpaired) electrons. The Hall–Kier alpha value is -2.79. The van der Waals surface area contributed by atoms with Gasteiger partial charge in [0.15, 0.2) is 6.10 Å². The van der Waals surface area contributed by atoms with Crippen molar-refractivity contribution in [3.8, 4) is 0 Å². The van der Waals surface area contributed by atoms with Crippen LogP contribution in [-0.4, -0.2) is 86.1 Å². The number of furan rings is 1. The molecule has 1 aromatic rings. The van der Waals surface area contributed by atoms with Gasteiger partial charge in [-0.05, 0) is 82.8 Å². The first-order chi connectivity index (χ1) is 28.7. The molecule has 12 heteroatoms. The zero-order valence-corrected chi connectivity index (χ0v) is 39.4. The molecule has 1 aromatic heterocycles. The largest absolute Gasteiger partial charge is 0.472 e. The molecule has 0 aromatic carbocycles. The van der Waals surface area contributed by atoms with Gasteiger partial charge in [0.1, 0.15) is 31.3 Å². The molecule has 0 aliphatic carbocycles. The van der Waals surface area contributed by atoms with E-state index in [-0.39, 0.29) is 26.1 Å². The van der Waals surface area contributed by atoms with E-state index in [4.69, 9.17) is 22.9 Å². The summed E-state index contributed by atoms with van der Waals surface area (Å²) >= 11 is 0. The number of hydrogen-bond acceptors (Lipinski definition) is 9. The molecule has 0 saturated carbocycles. The van der Waals surface area contributed by atoms with Gasteiger partial charge in [-0.2, -0.15) is 0 Å². The molecule has 11 nitrogen and oxygen atoms in total. The Kier molecular flexibility index (Phi) is 31.1. The molecule has 0 bridgehead atoms. The van der Waals surface area contributed by atoms with Crippen molar-refractivity contribution in [1.29, 1.82) is 0 Å². The van der Waals surface area contributed by atoms with Crippen LogP contribution in [0.2, 0.25) is 0 Å². The fraction of sp³-hybridized carbons (Fsp3) is 0.708. The van der Waals surface area contributed by atoms with E-state index in [1.54, 1.807) is 12.2 Å². The van der Waals surface area contributed by atoms with Gasteiger partial charge in [0, 0.05) is 25.7 Å². The lowest BCUT2D eigenvalue weighted by Crippen LogP contribution is -2.37. The number of nitrogens with zero attached hydrogens (tertiary/aromatic N) is 1. The first-order valence-corrected chi connectivity index (χ1v) is 24.3. The summed E-state index contributed by atoms with van der Waals surface area (Å²) < 4.78 is 40.3. The van der Waals surface area contributed by atoms with Crippen molar-refractivity contribution < 1.29 is 51.6 Å². The predicted molar refractivity (Wildman–Crippen MR) is 243 cm³/mol. The van der Waals surface area contributed by atoms with E-state index in [0.29, 0.717) is 30.3 Å². The molecule has 1 rings (SSSR count). The molecule has 3 atom stereocenters. The fourth-order valence-corrected chi connectivity index (χ4v) is 7.02. The Balaban J connectivity index is 2.42. The Morgan fingerprint density at radius 2 is 1.33 bits per heavy atom. The Bertz CT molecular complexity index is 1460. The quantitative estimate of drug-likeness (QED) is 0.0166. The van der Waals surface area contributed by atoms with Crippen molar-refractivity contribution in [2.75, 3.05) is 47.5 Å². The van der Waals surface area contributed by atoms with Crippen LogP contribution in [0.5, 0.6) is 0 Å². The molecular formula is C48H83NO10P+. The highest BCUT2D eigenvalue weighted by molar-refractivity contribution is 7.47. The van der Waals surface area contributed by atoms with E-state index in [1.807, 2.05) is 33.3 Å². The fourth-order valence-electron chi connectivity index (χ4n) is 6.28. The number of likely N-dealkylation sites (N-methyl/N-ethyl adjacent to an activating group) is 1. The van der Waals surface area contributed by atoms with Crippen molar-refractivity contribution >= 4 is 19.8 Å². The van der Waals surface area contributed by atoms with Crippen molar-refractivity contribution in [2.45, 2.75) is 175 Å². The number of unbranched alkanes of at least 4 members (excludes halogenated alkanes) is 10. The average Bonchev–Trinajstić information content (AvgIpc) is 3.45. The van der Waals surface area contributed by atoms with E-state index in [0.717, 1.165) is 88.6 Å². The number of rotatable bonds is 37. The highest BCUT2D eigenvalue weighted by Crippen LogP contribution is 2.43. The van der Waals surface area contributed by atoms with E-state index in [9.17, 15) is 24.2 Å². The predicted octanol–water partition coefficient (Wildman–Crippen LogP) is 11.3. The number of allylic oxidation sites excluding steroid dienone is 7. The molecule has 0 spiro atoms. The maximum atomic E-state index is 12.8. The van der Waals surface area contributed by atoms with Gasteiger partial charge in [-0.1, -0.05) is 114 Å². The van der Waals surface area contributed by atoms with Gasteiger partial charge in [0.05, 0.1) is 33.9 Å². The first kappa shape index (κ1) is 55.2. The zero-order chi connectivity index (χ0) is 44.5. The van der Waals surface area contributed by atoms with Gasteiger partial charge in [-0.3, -0.25) is 18.6 Å². The number of phosphoric ester groups is 1. The maximum absolute atomic E-state index is 12.8. The second-order valence-corrected chi connectivity index (χ2v) is 18.3. The van der Waals surface area contributed by atoms with Gasteiger partial charge < -0.3 is 28.4 Å². The summed E-state index contributed by atoms with van der Waals surface area (Å²) in [4.78, 5) is 35.5. The van der Waals surface area contributed by atoms with E-state index in [2.05, 4.69) is 52.0 Å². The Morgan fingerprint density at radius 3 is 2.00 bits per heavy atom. The topological polar surface area (TPSA) is 142 Å². The van der Waals surface area contributed by atoms with Gasteiger partial charge in [-0.15, -0.1) is 0 Å². The number of phosphoric acid groups is 1. The molecule has 60 heavy (non-hydrogen) atoms. The molecule has 0 saturated heterocycles. The lowest BCUT2D eigenvalue weighted by molar-refractivity contribution is -0.870. The van der Waals surface area contributed by atoms with Crippen LogP contribution < -0.4 is 0 Å². The number of quaternary nitrogens is 1. The highest BCUT2D eigenvalue weighted by Gasteiger charge is 2.27. The van der Waals surface area contributed by atoms with E-state index in [1.165, 1.54) is 36.8 Å². The third kappa shape index (κ3) is 30.3. The molecule has 1 unspecified atom stereocenters. The highest BCUT2D eigenvalue weighted by atomic mass is 31.2. The molecule has 2 N–H and O–H groups in total. The summed E-state index contributed by atoms with van der Waals surface area (Å²) in [5.41, 5.74) is 2.61. The second kappa shape index (κ2) is 33.8. The number of carbonyl (C=O) groups excluding carboxylic acids is 2. The van der Waals surface area contributed by atoms with E-state index < -0.39 is 38.6 Å². The normalized spacial score (nSPS) is 14.5. The van der Waals surface area contributed by atoms with Gasteiger partial charge >= 0.3 is 19.8 Å². The van der Waals surface area contributed by atoms with Crippen LogP contribution in [0, 0.1) is 13.8 Å². The second-order valence-electron chi connectivity index (χ2n) is 16.9. The minimum Gasteiger partial charge on any atom is -0.466 e. The zero-order valence-electron chi connectivity index (χ0n) is 38.5. The van der Waals surface area contributed by atoms with Crippen molar-refractivity contribution in [2.24, 2.45) is 0 Å². The lowest BCUT2D eigenvalue weighted by Gasteiger charge is -2.24. The summed E-state index contributed by atoms with van der Waals surface area (Å²) in [6.45, 7) is 8.37. The van der Waals surface area contributed by atoms with Gasteiger partial charge in [0.25, 0.3) is 0 Å². The number of aliphatic hydroxyl groups is 1. The lowest BCUT2D eigenvalue weighted by atomic mass is 10.0. The molecular weight excluding hydrogens is 781 g/mol. The van der Waals surface area contributed by atoms with Gasteiger partial charge in [-0.25, -0.2) is 4.57 Å². The summed E-state index contributed by atoms with van der Waals surface area (Å²) in [6.07, 6.45) is 33.3. The maximum Gasteiger partial charge on any atom is 0.472 e. The SMILES string of the molecule is CCCCC/C=C\C/C=C\C/C=C\C=C\[C@@H](O)CCCC(=O)OC[C@H](COP(=O)(O)OCC[N+](C)(C)C)OC(=O)CCCCCCCCCCc1oc(CCC)c(C)c1C. The summed E-state index contributed by atoms with van der Waals surface area (Å²) in [5, 5.41) is 10.3.